The van der Waals surface area contributed by atoms with E-state index in [1.165, 1.54) is 5.56 Å². The number of amides is 1. The first-order valence-electron chi connectivity index (χ1n) is 8.72. The van der Waals surface area contributed by atoms with E-state index in [1.54, 1.807) is 6.26 Å². The number of carbonyl (C=O) groups excluding carboxylic acids is 1. The molecular formula is C18H27N3O2S. The molecule has 1 amide bonds. The number of benzene rings is 1. The molecule has 0 bridgehead atoms. The molecular weight excluding hydrogens is 322 g/mol. The van der Waals surface area contributed by atoms with Gasteiger partial charge in [-0.25, -0.2) is 0 Å². The molecule has 1 N–H and O–H groups in total. The van der Waals surface area contributed by atoms with Crippen LogP contribution < -0.4 is 5.32 Å². The topological polar surface area (TPSA) is 52.7 Å². The fourth-order valence-corrected chi connectivity index (χ4v) is 3.59. The van der Waals surface area contributed by atoms with Gasteiger partial charge in [0.2, 0.25) is 5.91 Å². The number of nitrogens with zero attached hydrogens (tertiary/aromatic N) is 2. The molecule has 2 atom stereocenters. The molecule has 0 unspecified atom stereocenters. The summed E-state index contributed by atoms with van der Waals surface area (Å²) in [6.45, 7) is 6.72. The average molecular weight is 350 g/mol. The van der Waals surface area contributed by atoms with Gasteiger partial charge in [-0.1, -0.05) is 12.1 Å². The average Bonchev–Trinajstić information content (AvgIpc) is 3.39. The van der Waals surface area contributed by atoms with Gasteiger partial charge in [-0.15, -0.1) is 0 Å². The Labute approximate surface area is 146 Å². The van der Waals surface area contributed by atoms with Crippen LogP contribution >= 0.6 is 0 Å². The fourth-order valence-electron chi connectivity index (χ4n) is 3.07. The van der Waals surface area contributed by atoms with Crippen LogP contribution in [0.3, 0.4) is 0 Å². The molecule has 0 radical (unpaired) electrons. The fraction of sp³-hybridized carbons (Fsp3) is 0.611. The summed E-state index contributed by atoms with van der Waals surface area (Å²) in [6.07, 6.45) is 3.97. The molecule has 132 valence electrons. The van der Waals surface area contributed by atoms with Crippen LogP contribution in [0, 0.1) is 0 Å². The first-order valence-corrected chi connectivity index (χ1v) is 10.3. The predicted octanol–water partition coefficient (Wildman–Crippen LogP) is 1.21. The van der Waals surface area contributed by atoms with Gasteiger partial charge in [-0.05, 0) is 37.5 Å². The van der Waals surface area contributed by atoms with Crippen molar-refractivity contribution in [3.05, 3.63) is 29.8 Å². The minimum Gasteiger partial charge on any atom is -0.352 e. The van der Waals surface area contributed by atoms with E-state index in [0.29, 0.717) is 6.04 Å². The van der Waals surface area contributed by atoms with Crippen LogP contribution in [0.4, 0.5) is 0 Å². The number of piperazine rings is 1. The van der Waals surface area contributed by atoms with Gasteiger partial charge in [0, 0.05) is 60.7 Å². The third-order valence-corrected chi connectivity index (χ3v) is 5.86. The Bertz CT molecular complexity index is 593. The van der Waals surface area contributed by atoms with E-state index in [2.05, 4.69) is 27.2 Å². The normalized spacial score (nSPS) is 22.1. The number of hydrogen-bond donors (Lipinski definition) is 1. The molecule has 1 aliphatic heterocycles. The van der Waals surface area contributed by atoms with E-state index in [0.717, 1.165) is 50.5 Å². The van der Waals surface area contributed by atoms with E-state index in [9.17, 15) is 9.00 Å². The molecule has 2 aliphatic rings. The SMILES string of the molecule is C[C@@H](C(=O)NC1CC1)N1CCN(Cc2ccc([S@@](C)=O)cc2)CC1. The maximum absolute atomic E-state index is 12.2. The van der Waals surface area contributed by atoms with Gasteiger partial charge in [0.25, 0.3) is 0 Å². The lowest BCUT2D eigenvalue weighted by Crippen LogP contribution is -2.53. The summed E-state index contributed by atoms with van der Waals surface area (Å²) in [7, 11) is -0.917. The van der Waals surface area contributed by atoms with Crippen molar-refractivity contribution in [1.29, 1.82) is 0 Å². The Morgan fingerprint density at radius 2 is 1.83 bits per heavy atom. The zero-order valence-electron chi connectivity index (χ0n) is 14.5. The van der Waals surface area contributed by atoms with Crippen molar-refractivity contribution in [3.63, 3.8) is 0 Å². The van der Waals surface area contributed by atoms with Gasteiger partial charge in [0.05, 0.1) is 6.04 Å². The Kier molecular flexibility index (Phi) is 5.69. The predicted molar refractivity (Wildman–Crippen MR) is 96.3 cm³/mol. The second-order valence-electron chi connectivity index (χ2n) is 6.87. The van der Waals surface area contributed by atoms with E-state index in [4.69, 9.17) is 0 Å². The molecule has 0 spiro atoms. The van der Waals surface area contributed by atoms with Crippen LogP contribution in [0.5, 0.6) is 0 Å². The second kappa shape index (κ2) is 7.76. The molecule has 1 aromatic carbocycles. The number of hydrogen-bond acceptors (Lipinski definition) is 4. The van der Waals surface area contributed by atoms with Gasteiger partial charge < -0.3 is 5.32 Å². The van der Waals surface area contributed by atoms with Gasteiger partial charge in [-0.3, -0.25) is 18.8 Å². The summed E-state index contributed by atoms with van der Waals surface area (Å²) < 4.78 is 11.4. The van der Waals surface area contributed by atoms with Crippen molar-refractivity contribution < 1.29 is 9.00 Å². The monoisotopic (exact) mass is 349 g/mol. The Balaban J connectivity index is 1.46. The van der Waals surface area contributed by atoms with Crippen molar-refractivity contribution in [1.82, 2.24) is 15.1 Å². The lowest BCUT2D eigenvalue weighted by Gasteiger charge is -2.37. The molecule has 0 aromatic heterocycles. The van der Waals surface area contributed by atoms with Crippen molar-refractivity contribution in [2.75, 3.05) is 32.4 Å². The Morgan fingerprint density at radius 3 is 2.38 bits per heavy atom. The highest BCUT2D eigenvalue weighted by atomic mass is 32.2. The standard InChI is InChI=1S/C18H27N3O2S/c1-14(18(22)19-16-5-6-16)21-11-9-20(10-12-21)13-15-3-7-17(8-4-15)24(2)23/h3-4,7-8,14,16H,5-6,9-13H2,1-2H3,(H,19,22)/t14-,24+/m0/s1. The third-order valence-electron chi connectivity index (χ3n) is 4.92. The quantitative estimate of drug-likeness (QED) is 0.839. The van der Waals surface area contributed by atoms with Gasteiger partial charge in [-0.2, -0.15) is 0 Å². The highest BCUT2D eigenvalue weighted by molar-refractivity contribution is 7.84. The molecule has 1 heterocycles. The molecule has 1 aliphatic carbocycles. The van der Waals surface area contributed by atoms with Crippen molar-refractivity contribution in [2.45, 2.75) is 43.3 Å². The van der Waals surface area contributed by atoms with Gasteiger partial charge in [0.1, 0.15) is 0 Å². The highest BCUT2D eigenvalue weighted by Crippen LogP contribution is 2.19. The zero-order valence-corrected chi connectivity index (χ0v) is 15.3. The first-order chi connectivity index (χ1) is 11.5. The maximum Gasteiger partial charge on any atom is 0.237 e. The van der Waals surface area contributed by atoms with Crippen molar-refractivity contribution >= 4 is 16.7 Å². The first kappa shape index (κ1) is 17.6. The third kappa shape index (κ3) is 4.65. The van der Waals surface area contributed by atoms with E-state index in [1.807, 2.05) is 19.1 Å². The Morgan fingerprint density at radius 1 is 1.21 bits per heavy atom. The molecule has 1 aromatic rings. The molecule has 6 heteroatoms. The van der Waals surface area contributed by atoms with Crippen molar-refractivity contribution in [2.24, 2.45) is 0 Å². The minimum atomic E-state index is -0.917. The second-order valence-corrected chi connectivity index (χ2v) is 8.25. The van der Waals surface area contributed by atoms with E-state index >= 15 is 0 Å². The molecule has 1 saturated carbocycles. The van der Waals surface area contributed by atoms with Gasteiger partial charge >= 0.3 is 0 Å². The van der Waals surface area contributed by atoms with Crippen LogP contribution in [0.15, 0.2) is 29.2 Å². The summed E-state index contributed by atoms with van der Waals surface area (Å²) in [5, 5.41) is 3.10. The molecule has 1 saturated heterocycles. The van der Waals surface area contributed by atoms with Crippen LogP contribution in [0.1, 0.15) is 25.3 Å². The van der Waals surface area contributed by atoms with E-state index < -0.39 is 10.8 Å². The largest absolute Gasteiger partial charge is 0.352 e. The summed E-state index contributed by atoms with van der Waals surface area (Å²) >= 11 is 0. The maximum atomic E-state index is 12.2. The van der Waals surface area contributed by atoms with Crippen LogP contribution in [-0.2, 0) is 22.1 Å². The van der Waals surface area contributed by atoms with E-state index in [-0.39, 0.29) is 11.9 Å². The number of carbonyl (C=O) groups is 1. The van der Waals surface area contributed by atoms with Crippen LogP contribution in [0.2, 0.25) is 0 Å². The minimum absolute atomic E-state index is 0.0356. The number of rotatable bonds is 6. The Hall–Kier alpha value is -1.24. The lowest BCUT2D eigenvalue weighted by molar-refractivity contribution is -0.126. The molecule has 2 fully saturated rings. The summed E-state index contributed by atoms with van der Waals surface area (Å²) in [4.78, 5) is 17.7. The van der Waals surface area contributed by atoms with Crippen LogP contribution in [-0.4, -0.2) is 64.4 Å². The number of nitrogens with one attached hydrogen (secondary N) is 1. The lowest BCUT2D eigenvalue weighted by atomic mass is 10.1. The zero-order chi connectivity index (χ0) is 17.1. The molecule has 5 nitrogen and oxygen atoms in total. The van der Waals surface area contributed by atoms with Crippen molar-refractivity contribution in [3.8, 4) is 0 Å². The molecule has 24 heavy (non-hydrogen) atoms. The summed E-state index contributed by atoms with van der Waals surface area (Å²) in [5.74, 6) is 0.175. The smallest absolute Gasteiger partial charge is 0.237 e. The highest BCUT2D eigenvalue weighted by Gasteiger charge is 2.29. The van der Waals surface area contributed by atoms with Crippen LogP contribution in [0.25, 0.3) is 0 Å². The summed E-state index contributed by atoms with van der Waals surface area (Å²) in [5.41, 5.74) is 1.25. The molecule has 3 rings (SSSR count). The van der Waals surface area contributed by atoms with Gasteiger partial charge in [0.15, 0.2) is 0 Å². The summed E-state index contributed by atoms with van der Waals surface area (Å²) in [6, 6.07) is 8.43.